The van der Waals surface area contributed by atoms with Crippen LogP contribution in [0.5, 0.6) is 5.75 Å². The number of β-amino-alcohol motifs (C(OH)–C–C–N with tert-alkyl or cyclic N) is 1. The Kier molecular flexibility index (Phi) is 7.92. The number of aliphatic hydroxyl groups is 1. The lowest BCUT2D eigenvalue weighted by atomic mass is 9.82. The molecular formula is C25H40N4O3. The number of fused-ring (bicyclic) bond motifs is 1. The average molecular weight is 445 g/mol. The third-order valence-corrected chi connectivity index (χ3v) is 7.29. The van der Waals surface area contributed by atoms with Crippen molar-refractivity contribution < 1.29 is 14.6 Å². The summed E-state index contributed by atoms with van der Waals surface area (Å²) < 4.78 is 5.95. The van der Waals surface area contributed by atoms with Crippen LogP contribution in [-0.2, 0) is 6.54 Å². The zero-order chi connectivity index (χ0) is 22.5. The first kappa shape index (κ1) is 23.3. The number of amides is 2. The van der Waals surface area contributed by atoms with E-state index in [4.69, 9.17) is 4.74 Å². The van der Waals surface area contributed by atoms with Gasteiger partial charge in [-0.15, -0.1) is 0 Å². The van der Waals surface area contributed by atoms with Gasteiger partial charge in [-0.25, -0.2) is 4.79 Å². The molecule has 0 aromatic heterocycles. The zero-order valence-corrected chi connectivity index (χ0v) is 19.8. The fraction of sp³-hybridized carbons (Fsp3) is 0.720. The van der Waals surface area contributed by atoms with Crippen molar-refractivity contribution in [2.45, 2.75) is 38.3 Å². The molecule has 3 fully saturated rings. The van der Waals surface area contributed by atoms with Gasteiger partial charge in [0.2, 0.25) is 0 Å². The number of benzene rings is 1. The highest BCUT2D eigenvalue weighted by atomic mass is 16.5. The molecule has 1 unspecified atom stereocenters. The predicted octanol–water partition coefficient (Wildman–Crippen LogP) is 2.35. The number of rotatable bonds is 7. The zero-order valence-electron chi connectivity index (χ0n) is 19.8. The summed E-state index contributed by atoms with van der Waals surface area (Å²) in [6.07, 6.45) is 5.02. The smallest absolute Gasteiger partial charge is 0.319 e. The van der Waals surface area contributed by atoms with Gasteiger partial charge in [0, 0.05) is 66.5 Å². The summed E-state index contributed by atoms with van der Waals surface area (Å²) in [6, 6.07) is 8.27. The van der Waals surface area contributed by atoms with Crippen LogP contribution in [0.15, 0.2) is 24.3 Å². The molecule has 7 nitrogen and oxygen atoms in total. The van der Waals surface area contributed by atoms with Crippen LogP contribution in [0, 0.1) is 11.8 Å². The Morgan fingerprint density at radius 1 is 1.09 bits per heavy atom. The molecule has 2 saturated heterocycles. The maximum atomic E-state index is 12.1. The van der Waals surface area contributed by atoms with E-state index >= 15 is 0 Å². The minimum atomic E-state index is -0.457. The largest absolute Gasteiger partial charge is 0.491 e. The second-order valence-electron chi connectivity index (χ2n) is 10.1. The molecule has 32 heavy (non-hydrogen) atoms. The second-order valence-corrected chi connectivity index (χ2v) is 10.1. The lowest BCUT2D eigenvalue weighted by molar-refractivity contribution is 0.0739. The van der Waals surface area contributed by atoms with Crippen molar-refractivity contribution in [1.82, 2.24) is 19.6 Å². The van der Waals surface area contributed by atoms with Crippen LogP contribution in [0.25, 0.3) is 0 Å². The molecule has 2 amide bonds. The van der Waals surface area contributed by atoms with Crippen molar-refractivity contribution in [3.8, 4) is 5.75 Å². The van der Waals surface area contributed by atoms with Crippen molar-refractivity contribution >= 4 is 6.03 Å². The van der Waals surface area contributed by atoms with E-state index in [2.05, 4.69) is 21.9 Å². The highest BCUT2D eigenvalue weighted by Gasteiger charge is 2.34. The van der Waals surface area contributed by atoms with Gasteiger partial charge in [-0.3, -0.25) is 4.90 Å². The quantitative estimate of drug-likeness (QED) is 0.700. The highest BCUT2D eigenvalue weighted by Crippen LogP contribution is 2.35. The first-order chi connectivity index (χ1) is 15.5. The van der Waals surface area contributed by atoms with Crippen LogP contribution in [0.4, 0.5) is 4.79 Å². The fourth-order valence-corrected chi connectivity index (χ4v) is 5.57. The third kappa shape index (κ3) is 6.15. The Labute approximate surface area is 192 Å². The van der Waals surface area contributed by atoms with Gasteiger partial charge in [-0.2, -0.15) is 0 Å². The first-order valence-corrected chi connectivity index (χ1v) is 12.3. The van der Waals surface area contributed by atoms with Crippen LogP contribution in [0.2, 0.25) is 0 Å². The van der Waals surface area contributed by atoms with E-state index in [1.807, 2.05) is 17.0 Å². The van der Waals surface area contributed by atoms with Crippen LogP contribution in [-0.4, -0.2) is 103 Å². The molecule has 1 aromatic rings. The van der Waals surface area contributed by atoms with Crippen molar-refractivity contribution in [3.63, 3.8) is 0 Å². The number of hydrogen-bond acceptors (Lipinski definition) is 5. The lowest BCUT2D eigenvalue weighted by Gasteiger charge is -2.36. The predicted molar refractivity (Wildman–Crippen MR) is 126 cm³/mol. The molecule has 2 heterocycles. The Bertz CT molecular complexity index is 736. The second kappa shape index (κ2) is 10.9. The van der Waals surface area contributed by atoms with Crippen LogP contribution < -0.4 is 4.74 Å². The first-order valence-electron chi connectivity index (χ1n) is 12.3. The molecule has 4 rings (SSSR count). The summed E-state index contributed by atoms with van der Waals surface area (Å²) in [6.45, 7) is 7.45. The number of carbonyl (C=O) groups excluding carboxylic acids is 1. The number of piperazine rings is 1. The van der Waals surface area contributed by atoms with Gasteiger partial charge < -0.3 is 24.5 Å². The Hall–Kier alpha value is -1.83. The molecule has 0 radical (unpaired) electrons. The van der Waals surface area contributed by atoms with Gasteiger partial charge in [0.25, 0.3) is 0 Å². The van der Waals surface area contributed by atoms with Crippen molar-refractivity contribution in [2.75, 3.05) is 66.5 Å². The summed E-state index contributed by atoms with van der Waals surface area (Å²) in [5.41, 5.74) is 1.20. The maximum absolute atomic E-state index is 12.1. The van der Waals surface area contributed by atoms with E-state index in [0.29, 0.717) is 13.2 Å². The summed E-state index contributed by atoms with van der Waals surface area (Å²) in [7, 11) is 3.60. The molecule has 3 atom stereocenters. The minimum absolute atomic E-state index is 0.0892. The topological polar surface area (TPSA) is 59.5 Å². The molecule has 7 heteroatoms. The van der Waals surface area contributed by atoms with E-state index < -0.39 is 6.10 Å². The number of urea groups is 1. The minimum Gasteiger partial charge on any atom is -0.491 e. The van der Waals surface area contributed by atoms with Gasteiger partial charge in [0.15, 0.2) is 0 Å². The van der Waals surface area contributed by atoms with Crippen molar-refractivity contribution in [3.05, 3.63) is 29.8 Å². The molecule has 1 saturated carbocycles. The van der Waals surface area contributed by atoms with E-state index in [9.17, 15) is 9.90 Å². The molecule has 1 aromatic carbocycles. The molecule has 0 spiro atoms. The molecule has 3 aliphatic rings. The maximum Gasteiger partial charge on any atom is 0.319 e. The van der Waals surface area contributed by atoms with E-state index in [-0.39, 0.29) is 6.03 Å². The number of carbonyl (C=O) groups is 1. The fourth-order valence-electron chi connectivity index (χ4n) is 5.57. The van der Waals surface area contributed by atoms with Crippen LogP contribution >= 0.6 is 0 Å². The van der Waals surface area contributed by atoms with Gasteiger partial charge in [0.1, 0.15) is 18.5 Å². The standard InChI is InChI=1S/C25H40N4O3/c1-26(2)25(31)29-12-10-27(11-13-29)15-20-6-5-9-24(14-20)32-19-23(30)18-28-16-21-7-3-4-8-22(21)17-28/h5-6,9,14,21-23,30H,3-4,7-8,10-13,15-19H2,1-2H3/t21-,22+,23?. The molecule has 178 valence electrons. The number of ether oxygens (including phenoxy) is 1. The van der Waals surface area contributed by atoms with Crippen LogP contribution in [0.1, 0.15) is 31.2 Å². The van der Waals surface area contributed by atoms with Crippen molar-refractivity contribution in [1.29, 1.82) is 0 Å². The number of hydrogen-bond donors (Lipinski definition) is 1. The SMILES string of the molecule is CN(C)C(=O)N1CCN(Cc2cccc(OCC(O)CN3C[C@H]4CCCC[C@H]4C3)c2)CC1. The molecule has 1 N–H and O–H groups in total. The van der Waals surface area contributed by atoms with E-state index in [1.165, 1.54) is 31.2 Å². The van der Waals surface area contributed by atoms with Gasteiger partial charge in [0.05, 0.1) is 0 Å². The Balaban J connectivity index is 1.19. The normalized spacial score (nSPS) is 25.4. The lowest BCUT2D eigenvalue weighted by Crippen LogP contribution is -2.51. The van der Waals surface area contributed by atoms with Crippen LogP contribution in [0.3, 0.4) is 0 Å². The molecule has 1 aliphatic carbocycles. The Morgan fingerprint density at radius 2 is 1.78 bits per heavy atom. The van der Waals surface area contributed by atoms with Gasteiger partial charge in [-0.05, 0) is 42.4 Å². The third-order valence-electron chi connectivity index (χ3n) is 7.29. The number of nitrogens with zero attached hydrogens (tertiary/aromatic N) is 4. The van der Waals surface area contributed by atoms with E-state index in [0.717, 1.165) is 63.4 Å². The average Bonchev–Trinajstić information content (AvgIpc) is 3.20. The van der Waals surface area contributed by atoms with E-state index in [1.54, 1.807) is 19.0 Å². The van der Waals surface area contributed by atoms with Gasteiger partial charge >= 0.3 is 6.03 Å². The van der Waals surface area contributed by atoms with Gasteiger partial charge in [-0.1, -0.05) is 25.0 Å². The summed E-state index contributed by atoms with van der Waals surface area (Å²) in [5, 5.41) is 10.5. The Morgan fingerprint density at radius 3 is 2.44 bits per heavy atom. The number of likely N-dealkylation sites (tertiary alicyclic amines) is 1. The molecule has 2 aliphatic heterocycles. The molecular weight excluding hydrogens is 404 g/mol. The van der Waals surface area contributed by atoms with Crippen molar-refractivity contribution in [2.24, 2.45) is 11.8 Å². The molecule has 0 bridgehead atoms. The number of aliphatic hydroxyl groups excluding tert-OH is 1. The monoisotopic (exact) mass is 444 g/mol. The summed E-state index contributed by atoms with van der Waals surface area (Å²) >= 11 is 0. The summed E-state index contributed by atoms with van der Waals surface area (Å²) in [5.74, 6) is 2.51. The highest BCUT2D eigenvalue weighted by molar-refractivity contribution is 5.73. The summed E-state index contributed by atoms with van der Waals surface area (Å²) in [4.78, 5) is 20.5.